The molecule has 0 saturated carbocycles. The number of aryl methyl sites for hydroxylation is 3. The number of carbonyl (C=O) groups is 3. The molecule has 37 heavy (non-hydrogen) atoms. The van der Waals surface area contributed by atoms with Crippen molar-refractivity contribution in [3.05, 3.63) is 63.1 Å². The van der Waals surface area contributed by atoms with Crippen LogP contribution >= 0.6 is 11.3 Å². The van der Waals surface area contributed by atoms with E-state index in [-0.39, 0.29) is 24.2 Å². The van der Waals surface area contributed by atoms with E-state index in [2.05, 4.69) is 20.6 Å². The molecule has 0 bridgehead atoms. The van der Waals surface area contributed by atoms with E-state index in [1.54, 1.807) is 43.5 Å². The molecule has 0 spiro atoms. The maximum atomic E-state index is 12.6. The Morgan fingerprint density at radius 1 is 1.24 bits per heavy atom. The number of phenolic OH excluding ortho intramolecular Hbond substituents is 1. The molecule has 0 radical (unpaired) electrons. The van der Waals surface area contributed by atoms with Crippen molar-refractivity contribution in [3.63, 3.8) is 0 Å². The first-order valence-electron chi connectivity index (χ1n) is 11.9. The van der Waals surface area contributed by atoms with Gasteiger partial charge in [-0.15, -0.1) is 11.3 Å². The first-order valence-corrected chi connectivity index (χ1v) is 12.7. The largest absolute Gasteiger partial charge is 0.508 e. The molecule has 4 rings (SSSR count). The van der Waals surface area contributed by atoms with E-state index in [1.165, 1.54) is 28.9 Å². The zero-order valence-electron chi connectivity index (χ0n) is 20.9. The highest BCUT2D eigenvalue weighted by Crippen LogP contribution is 2.28. The number of ether oxygens (including phenoxy) is 1. The molecule has 2 atom stereocenters. The number of nitrogens with one attached hydrogen (secondary N) is 2. The lowest BCUT2D eigenvalue weighted by atomic mass is 9.88. The molecule has 2 amide bonds. The zero-order chi connectivity index (χ0) is 26.5. The highest BCUT2D eigenvalue weighted by molar-refractivity contribution is 7.12. The van der Waals surface area contributed by atoms with Gasteiger partial charge in [0.2, 0.25) is 12.4 Å². The average Bonchev–Trinajstić information content (AvgIpc) is 3.42. The summed E-state index contributed by atoms with van der Waals surface area (Å²) in [4.78, 5) is 48.1. The Morgan fingerprint density at radius 2 is 2.00 bits per heavy atom. The molecule has 1 unspecified atom stereocenters. The number of benzene rings is 1. The van der Waals surface area contributed by atoms with Crippen molar-refractivity contribution in [3.8, 4) is 5.75 Å². The smallest absolute Gasteiger partial charge is 0.330 e. The molecule has 11 heteroatoms. The Labute approximate surface area is 218 Å². The lowest BCUT2D eigenvalue weighted by molar-refractivity contribution is -0.142. The van der Waals surface area contributed by atoms with Crippen LogP contribution in [0.1, 0.15) is 38.6 Å². The Hall–Kier alpha value is -3.99. The van der Waals surface area contributed by atoms with E-state index in [0.29, 0.717) is 34.3 Å². The number of phenols is 1. The van der Waals surface area contributed by atoms with Gasteiger partial charge in [-0.2, -0.15) is 0 Å². The predicted molar refractivity (Wildman–Crippen MR) is 140 cm³/mol. The van der Waals surface area contributed by atoms with Gasteiger partial charge in [0.25, 0.3) is 5.91 Å². The molecule has 0 saturated heterocycles. The molecule has 194 valence electrons. The first kappa shape index (κ1) is 26.1. The maximum Gasteiger partial charge on any atom is 0.330 e. The van der Waals surface area contributed by atoms with E-state index < -0.39 is 12.0 Å². The lowest BCUT2D eigenvalue weighted by Gasteiger charge is -2.29. The minimum Gasteiger partial charge on any atom is -0.508 e. The van der Waals surface area contributed by atoms with Crippen LogP contribution in [0.15, 0.2) is 35.7 Å². The molecule has 2 aromatic heterocycles. The van der Waals surface area contributed by atoms with Crippen LogP contribution in [-0.2, 0) is 27.2 Å². The van der Waals surface area contributed by atoms with Gasteiger partial charge in [0.15, 0.2) is 6.04 Å². The van der Waals surface area contributed by atoms with Gasteiger partial charge in [-0.3, -0.25) is 14.5 Å². The number of methoxy groups -OCH3 is 1. The van der Waals surface area contributed by atoms with Gasteiger partial charge < -0.3 is 20.5 Å². The second-order valence-corrected chi connectivity index (χ2v) is 9.79. The molecular formula is C26H29N5O5S. The number of esters is 1. The van der Waals surface area contributed by atoms with E-state index in [1.807, 2.05) is 6.07 Å². The summed E-state index contributed by atoms with van der Waals surface area (Å²) in [6.45, 7) is 3.34. The minimum absolute atomic E-state index is 0.110. The SMILES string of the molecule is COC(=O)[C@H](CNC(=O)c1cccs1)N(C=O)c1c(C)nc(NC2CCc3cc(O)ccc3C2)nc1C. The van der Waals surface area contributed by atoms with Crippen LogP contribution in [0.2, 0.25) is 0 Å². The van der Waals surface area contributed by atoms with E-state index in [0.717, 1.165) is 24.8 Å². The fourth-order valence-corrected chi connectivity index (χ4v) is 5.23. The van der Waals surface area contributed by atoms with Gasteiger partial charge in [0.05, 0.1) is 29.1 Å². The van der Waals surface area contributed by atoms with Crippen LogP contribution in [0.4, 0.5) is 11.6 Å². The summed E-state index contributed by atoms with van der Waals surface area (Å²) in [5.41, 5.74) is 3.70. The number of hydrogen-bond donors (Lipinski definition) is 3. The maximum absolute atomic E-state index is 12.6. The van der Waals surface area contributed by atoms with Crippen LogP contribution in [0, 0.1) is 13.8 Å². The molecule has 3 aromatic rings. The molecule has 3 N–H and O–H groups in total. The van der Waals surface area contributed by atoms with Crippen molar-refractivity contribution in [2.24, 2.45) is 0 Å². The standard InChI is InChI=1S/C26H29N5O5S/c1-15-23(31(14-32)21(25(35)36-3)13-27-24(34)22-5-4-10-37-22)16(2)29-26(28-15)30-19-8-6-18-12-20(33)9-7-17(18)11-19/h4-5,7,9-10,12,14,19,21,33H,6,8,11,13H2,1-3H3,(H,27,34)(H,28,29,30)/t19?,21-/m0/s1. The number of rotatable bonds is 9. The number of aromatic nitrogens is 2. The molecule has 0 fully saturated rings. The van der Waals surface area contributed by atoms with Crippen LogP contribution in [0.5, 0.6) is 5.75 Å². The normalized spacial score (nSPS) is 15.3. The Kier molecular flexibility index (Phi) is 8.02. The van der Waals surface area contributed by atoms with Crippen molar-refractivity contribution < 1.29 is 24.2 Å². The number of hydrogen-bond acceptors (Lipinski definition) is 9. The van der Waals surface area contributed by atoms with Crippen molar-refractivity contribution in [2.45, 2.75) is 45.2 Å². The van der Waals surface area contributed by atoms with Gasteiger partial charge in [0.1, 0.15) is 5.75 Å². The van der Waals surface area contributed by atoms with Crippen LogP contribution in [0.25, 0.3) is 0 Å². The van der Waals surface area contributed by atoms with Crippen LogP contribution in [-0.4, -0.2) is 59.1 Å². The van der Waals surface area contributed by atoms with E-state index in [4.69, 9.17) is 4.74 Å². The minimum atomic E-state index is -1.10. The zero-order valence-corrected chi connectivity index (χ0v) is 21.7. The monoisotopic (exact) mass is 523 g/mol. The molecule has 1 aliphatic carbocycles. The van der Waals surface area contributed by atoms with Crippen LogP contribution in [0.3, 0.4) is 0 Å². The molecule has 1 aromatic carbocycles. The number of aromatic hydroxyl groups is 1. The lowest BCUT2D eigenvalue weighted by Crippen LogP contribution is -2.49. The average molecular weight is 524 g/mol. The number of fused-ring (bicyclic) bond motifs is 1. The second-order valence-electron chi connectivity index (χ2n) is 8.84. The third kappa shape index (κ3) is 5.88. The van der Waals surface area contributed by atoms with Crippen molar-refractivity contribution in [1.29, 1.82) is 0 Å². The first-order chi connectivity index (χ1) is 17.8. The summed E-state index contributed by atoms with van der Waals surface area (Å²) in [5, 5.41) is 17.6. The Morgan fingerprint density at radius 3 is 2.65 bits per heavy atom. The summed E-state index contributed by atoms with van der Waals surface area (Å²) in [7, 11) is 1.23. The third-order valence-electron chi connectivity index (χ3n) is 6.37. The fourth-order valence-electron chi connectivity index (χ4n) is 4.59. The van der Waals surface area contributed by atoms with Crippen molar-refractivity contribution in [1.82, 2.24) is 15.3 Å². The highest BCUT2D eigenvalue weighted by atomic mass is 32.1. The number of thiophene rings is 1. The molecular weight excluding hydrogens is 494 g/mol. The van der Waals surface area contributed by atoms with Crippen LogP contribution < -0.4 is 15.5 Å². The fraction of sp³-hybridized carbons (Fsp3) is 0.346. The third-order valence-corrected chi connectivity index (χ3v) is 7.23. The summed E-state index contributed by atoms with van der Waals surface area (Å²) < 4.78 is 4.92. The topological polar surface area (TPSA) is 134 Å². The summed E-state index contributed by atoms with van der Waals surface area (Å²) >= 11 is 1.28. The van der Waals surface area contributed by atoms with Gasteiger partial charge >= 0.3 is 5.97 Å². The van der Waals surface area contributed by atoms with Crippen molar-refractivity contribution >= 4 is 41.3 Å². The number of anilines is 2. The Balaban J connectivity index is 1.52. The molecule has 2 heterocycles. The van der Waals surface area contributed by atoms with Gasteiger partial charge in [-0.05, 0) is 67.8 Å². The molecule has 1 aliphatic rings. The summed E-state index contributed by atoms with van der Waals surface area (Å²) in [6, 6.07) is 7.87. The number of nitrogens with zero attached hydrogens (tertiary/aromatic N) is 3. The quantitative estimate of drug-likeness (QED) is 0.288. The van der Waals surface area contributed by atoms with E-state index >= 15 is 0 Å². The van der Waals surface area contributed by atoms with Gasteiger partial charge in [-0.1, -0.05) is 12.1 Å². The van der Waals surface area contributed by atoms with E-state index in [9.17, 15) is 19.5 Å². The predicted octanol–water partition coefficient (Wildman–Crippen LogP) is 2.76. The molecule has 10 nitrogen and oxygen atoms in total. The second kappa shape index (κ2) is 11.4. The van der Waals surface area contributed by atoms with Gasteiger partial charge in [-0.25, -0.2) is 14.8 Å². The van der Waals surface area contributed by atoms with Gasteiger partial charge in [0, 0.05) is 12.6 Å². The molecule has 0 aliphatic heterocycles. The highest BCUT2D eigenvalue weighted by Gasteiger charge is 2.31. The van der Waals surface area contributed by atoms with Crippen molar-refractivity contribution in [2.75, 3.05) is 23.9 Å². The number of amides is 2. The number of carbonyl (C=O) groups excluding carboxylic acids is 3. The summed E-state index contributed by atoms with van der Waals surface area (Å²) in [6.07, 6.45) is 2.98. The Bertz CT molecular complexity index is 1270. The summed E-state index contributed by atoms with van der Waals surface area (Å²) in [5.74, 6) is -0.321.